The third kappa shape index (κ3) is 3.93. The van der Waals surface area contributed by atoms with Crippen LogP contribution in [0.1, 0.15) is 58.6 Å². The molecule has 32 heavy (non-hydrogen) atoms. The summed E-state index contributed by atoms with van der Waals surface area (Å²) in [5.74, 6) is 0.961. The molecule has 0 saturated heterocycles. The van der Waals surface area contributed by atoms with Crippen molar-refractivity contribution in [1.29, 1.82) is 0 Å². The first-order valence-electron chi connectivity index (χ1n) is 10.6. The van der Waals surface area contributed by atoms with Gasteiger partial charge in [-0.1, -0.05) is 26.0 Å². The SMILES string of the molecule is CC(C)c1ccc(NC(=O)C2CCc3sc(NC(=O)c4ccc5c(c4)OCO5)nc32)cc1. The summed E-state index contributed by atoms with van der Waals surface area (Å²) in [6.45, 7) is 4.43. The van der Waals surface area contributed by atoms with Crippen LogP contribution in [0.5, 0.6) is 11.5 Å². The van der Waals surface area contributed by atoms with E-state index in [1.165, 1.54) is 16.9 Å². The normalized spacial score (nSPS) is 16.2. The Kier molecular flexibility index (Phi) is 5.30. The van der Waals surface area contributed by atoms with E-state index >= 15 is 0 Å². The van der Waals surface area contributed by atoms with Crippen molar-refractivity contribution in [2.24, 2.45) is 0 Å². The lowest BCUT2D eigenvalue weighted by Crippen LogP contribution is -2.20. The maximum atomic E-state index is 12.9. The molecule has 2 aliphatic rings. The van der Waals surface area contributed by atoms with Gasteiger partial charge in [-0.15, -0.1) is 11.3 Å². The summed E-state index contributed by atoms with van der Waals surface area (Å²) in [5.41, 5.74) is 3.23. The third-order valence-electron chi connectivity index (χ3n) is 5.73. The number of carbonyl (C=O) groups is 2. The molecule has 1 aliphatic heterocycles. The molecule has 0 fully saturated rings. The number of aryl methyl sites for hydroxylation is 1. The summed E-state index contributed by atoms with van der Waals surface area (Å²) in [5, 5.41) is 6.35. The molecule has 0 radical (unpaired) electrons. The van der Waals surface area contributed by atoms with Gasteiger partial charge < -0.3 is 14.8 Å². The summed E-state index contributed by atoms with van der Waals surface area (Å²) in [7, 11) is 0. The predicted molar refractivity (Wildman–Crippen MR) is 123 cm³/mol. The standard InChI is InChI=1S/C24H23N3O4S/c1-13(2)14-3-6-16(7-4-14)25-23(29)17-8-10-20-21(17)26-24(32-20)27-22(28)15-5-9-18-19(11-15)31-12-30-18/h3-7,9,11,13,17H,8,10,12H2,1-2H3,(H,25,29)(H,26,27,28). The summed E-state index contributed by atoms with van der Waals surface area (Å²) in [6.07, 6.45) is 1.50. The number of aromatic nitrogens is 1. The van der Waals surface area contributed by atoms with E-state index in [9.17, 15) is 9.59 Å². The number of benzene rings is 2. The number of ether oxygens (including phenoxy) is 2. The molecule has 2 amide bonds. The minimum absolute atomic E-state index is 0.0694. The van der Waals surface area contributed by atoms with Gasteiger partial charge in [0.15, 0.2) is 16.6 Å². The van der Waals surface area contributed by atoms with Gasteiger partial charge in [-0.25, -0.2) is 4.98 Å². The van der Waals surface area contributed by atoms with Crippen molar-refractivity contribution in [3.63, 3.8) is 0 Å². The van der Waals surface area contributed by atoms with Gasteiger partial charge in [-0.05, 0) is 54.7 Å². The Labute approximate surface area is 189 Å². The Bertz CT molecular complexity index is 1190. The second-order valence-electron chi connectivity index (χ2n) is 8.21. The van der Waals surface area contributed by atoms with Crippen molar-refractivity contribution in [3.05, 3.63) is 64.2 Å². The fraction of sp³-hybridized carbons (Fsp3) is 0.292. The number of amides is 2. The van der Waals surface area contributed by atoms with Crippen molar-refractivity contribution in [2.45, 2.75) is 38.5 Å². The number of carbonyl (C=O) groups excluding carboxylic acids is 2. The van der Waals surface area contributed by atoms with Crippen LogP contribution >= 0.6 is 11.3 Å². The molecule has 0 spiro atoms. The van der Waals surface area contributed by atoms with Crippen LogP contribution in [-0.2, 0) is 11.2 Å². The Morgan fingerprint density at radius 2 is 1.84 bits per heavy atom. The zero-order chi connectivity index (χ0) is 22.2. The summed E-state index contributed by atoms with van der Waals surface area (Å²) in [4.78, 5) is 31.2. The maximum absolute atomic E-state index is 12.9. The quantitative estimate of drug-likeness (QED) is 0.577. The lowest BCUT2D eigenvalue weighted by Gasteiger charge is -2.12. The fourth-order valence-corrected chi connectivity index (χ4v) is 4.96. The van der Waals surface area contributed by atoms with Gasteiger partial charge in [0.1, 0.15) is 0 Å². The molecular weight excluding hydrogens is 426 g/mol. The number of fused-ring (bicyclic) bond motifs is 2. The monoisotopic (exact) mass is 449 g/mol. The molecule has 2 N–H and O–H groups in total. The van der Waals surface area contributed by atoms with E-state index in [1.807, 2.05) is 24.3 Å². The number of rotatable bonds is 5. The Hall–Kier alpha value is -3.39. The fourth-order valence-electron chi connectivity index (χ4n) is 3.92. The second kappa shape index (κ2) is 8.27. The molecule has 1 unspecified atom stereocenters. The Morgan fingerprint density at radius 3 is 2.62 bits per heavy atom. The smallest absolute Gasteiger partial charge is 0.257 e. The summed E-state index contributed by atoms with van der Waals surface area (Å²) < 4.78 is 10.6. The molecule has 1 aromatic heterocycles. The lowest BCUT2D eigenvalue weighted by molar-refractivity contribution is -0.117. The highest BCUT2D eigenvalue weighted by atomic mass is 32.1. The van der Waals surface area contributed by atoms with Crippen LogP contribution in [0.25, 0.3) is 0 Å². The third-order valence-corrected chi connectivity index (χ3v) is 6.78. The average Bonchev–Trinajstić information content (AvgIpc) is 3.49. The van der Waals surface area contributed by atoms with Crippen molar-refractivity contribution in [2.75, 3.05) is 17.4 Å². The number of nitrogens with zero attached hydrogens (tertiary/aromatic N) is 1. The van der Waals surface area contributed by atoms with E-state index in [0.717, 1.165) is 29.1 Å². The van der Waals surface area contributed by atoms with E-state index in [2.05, 4.69) is 29.5 Å². The molecule has 8 heteroatoms. The zero-order valence-electron chi connectivity index (χ0n) is 17.8. The molecule has 3 aromatic rings. The van der Waals surface area contributed by atoms with E-state index in [0.29, 0.717) is 28.1 Å². The number of anilines is 2. The van der Waals surface area contributed by atoms with E-state index < -0.39 is 0 Å². The number of hydrogen-bond acceptors (Lipinski definition) is 6. The predicted octanol–water partition coefficient (Wildman–Crippen LogP) is 4.92. The number of thiazole rings is 1. The zero-order valence-corrected chi connectivity index (χ0v) is 18.6. The van der Waals surface area contributed by atoms with Gasteiger partial charge >= 0.3 is 0 Å². The van der Waals surface area contributed by atoms with Crippen LogP contribution in [0.15, 0.2) is 42.5 Å². The van der Waals surface area contributed by atoms with Crippen molar-refractivity contribution >= 4 is 34.0 Å². The molecular formula is C24H23N3O4S. The Morgan fingerprint density at radius 1 is 1.06 bits per heavy atom. The van der Waals surface area contributed by atoms with Gasteiger partial charge in [0.2, 0.25) is 12.7 Å². The van der Waals surface area contributed by atoms with Gasteiger partial charge in [0.05, 0.1) is 11.6 Å². The topological polar surface area (TPSA) is 89.6 Å². The molecule has 0 bridgehead atoms. The minimum atomic E-state index is -0.317. The van der Waals surface area contributed by atoms with Crippen LogP contribution in [0.3, 0.4) is 0 Å². The van der Waals surface area contributed by atoms with Crippen molar-refractivity contribution in [3.8, 4) is 11.5 Å². The van der Waals surface area contributed by atoms with E-state index in [-0.39, 0.29) is 24.5 Å². The first-order valence-corrected chi connectivity index (χ1v) is 11.4. The van der Waals surface area contributed by atoms with E-state index in [1.54, 1.807) is 18.2 Å². The van der Waals surface area contributed by atoms with Crippen LogP contribution in [0, 0.1) is 0 Å². The average molecular weight is 450 g/mol. The molecule has 7 nitrogen and oxygen atoms in total. The van der Waals surface area contributed by atoms with Gasteiger partial charge in [-0.2, -0.15) is 0 Å². The molecule has 0 saturated carbocycles. The van der Waals surface area contributed by atoms with Crippen LogP contribution < -0.4 is 20.1 Å². The number of nitrogens with one attached hydrogen (secondary N) is 2. The minimum Gasteiger partial charge on any atom is -0.454 e. The highest BCUT2D eigenvalue weighted by Crippen LogP contribution is 2.39. The summed E-state index contributed by atoms with van der Waals surface area (Å²) in [6, 6.07) is 13.0. The molecule has 2 heterocycles. The van der Waals surface area contributed by atoms with Gasteiger partial charge in [-0.3, -0.25) is 14.9 Å². The van der Waals surface area contributed by atoms with Crippen LogP contribution in [0.2, 0.25) is 0 Å². The largest absolute Gasteiger partial charge is 0.454 e. The highest BCUT2D eigenvalue weighted by Gasteiger charge is 2.33. The molecule has 164 valence electrons. The number of hydrogen-bond donors (Lipinski definition) is 2. The summed E-state index contributed by atoms with van der Waals surface area (Å²) >= 11 is 1.42. The lowest BCUT2D eigenvalue weighted by atomic mass is 10.0. The first kappa shape index (κ1) is 20.5. The first-order chi connectivity index (χ1) is 15.5. The van der Waals surface area contributed by atoms with E-state index in [4.69, 9.17) is 9.47 Å². The van der Waals surface area contributed by atoms with Gasteiger partial charge in [0.25, 0.3) is 5.91 Å². The second-order valence-corrected chi connectivity index (χ2v) is 9.29. The van der Waals surface area contributed by atoms with Crippen LogP contribution in [0.4, 0.5) is 10.8 Å². The van der Waals surface area contributed by atoms with Crippen LogP contribution in [-0.4, -0.2) is 23.6 Å². The molecule has 1 aliphatic carbocycles. The van der Waals surface area contributed by atoms with Crippen molar-refractivity contribution < 1.29 is 19.1 Å². The van der Waals surface area contributed by atoms with Crippen molar-refractivity contribution in [1.82, 2.24) is 4.98 Å². The molecule has 5 rings (SSSR count). The molecule has 2 aromatic carbocycles. The Balaban J connectivity index is 1.26. The highest BCUT2D eigenvalue weighted by molar-refractivity contribution is 7.16. The maximum Gasteiger partial charge on any atom is 0.257 e. The molecule has 1 atom stereocenters. The van der Waals surface area contributed by atoms with Gasteiger partial charge in [0, 0.05) is 16.1 Å².